The fourth-order valence-corrected chi connectivity index (χ4v) is 7.22. The van der Waals surface area contributed by atoms with Crippen LogP contribution in [0.1, 0.15) is 58.6 Å². The van der Waals surface area contributed by atoms with Crippen molar-refractivity contribution < 1.29 is 18.1 Å². The van der Waals surface area contributed by atoms with Crippen molar-refractivity contribution in [3.63, 3.8) is 0 Å². The Labute approximate surface area is 227 Å². The zero-order valence-electron chi connectivity index (χ0n) is 23.3. The van der Waals surface area contributed by atoms with Crippen molar-refractivity contribution in [2.75, 3.05) is 39.5 Å². The molecule has 11 heteroatoms. The number of pyridine rings is 1. The normalized spacial score (nSPS) is 12.8. The van der Waals surface area contributed by atoms with Crippen molar-refractivity contribution in [1.82, 2.24) is 25.2 Å². The lowest BCUT2D eigenvalue weighted by molar-refractivity contribution is 0.0708. The van der Waals surface area contributed by atoms with Crippen molar-refractivity contribution >= 4 is 36.8 Å². The van der Waals surface area contributed by atoms with Crippen LogP contribution in [0.5, 0.6) is 0 Å². The first-order chi connectivity index (χ1) is 18.5. The molecule has 38 heavy (non-hydrogen) atoms. The topological polar surface area (TPSA) is 126 Å². The second kappa shape index (κ2) is 15.1. The number of aryl methyl sites for hydroxylation is 1. The molecule has 1 unspecified atom stereocenters. The number of carbonyl (C=O) groups excluding carboxylic acids is 1. The Hall–Kier alpha value is -2.57. The predicted octanol–water partition coefficient (Wildman–Crippen LogP) is 4.16. The molecule has 0 aliphatic heterocycles. The molecular weight excluding hydrogens is 500 g/mol. The van der Waals surface area contributed by atoms with Crippen molar-refractivity contribution in [3.05, 3.63) is 36.3 Å². The number of rotatable bonds is 17. The van der Waals surface area contributed by atoms with Crippen LogP contribution in [-0.2, 0) is 19.8 Å². The molecule has 3 aromatic rings. The summed E-state index contributed by atoms with van der Waals surface area (Å²) in [6.07, 6.45) is 4.40. The van der Waals surface area contributed by atoms with E-state index in [1.54, 1.807) is 0 Å². The molecule has 0 aliphatic rings. The minimum Gasteiger partial charge on any atom is -0.374 e. The van der Waals surface area contributed by atoms with Crippen LogP contribution in [0.4, 0.5) is 4.79 Å². The van der Waals surface area contributed by atoms with Crippen molar-refractivity contribution in [2.45, 2.75) is 65.5 Å². The number of fused-ring (bicyclic) bond motifs is 3. The molecule has 10 nitrogen and oxygen atoms in total. The van der Waals surface area contributed by atoms with Crippen LogP contribution >= 0.6 is 0 Å². The number of urea groups is 1. The Balaban J connectivity index is 1.46. The molecule has 0 radical (unpaired) electrons. The third-order valence-corrected chi connectivity index (χ3v) is 9.60. The van der Waals surface area contributed by atoms with Gasteiger partial charge in [-0.05, 0) is 46.1 Å². The molecule has 0 spiro atoms. The summed E-state index contributed by atoms with van der Waals surface area (Å²) >= 11 is 0. The first-order valence-corrected chi connectivity index (χ1v) is 15.8. The first kappa shape index (κ1) is 30.0. The lowest BCUT2D eigenvalue weighted by atomic mass is 10.0. The molecule has 2 aromatic heterocycles. The van der Waals surface area contributed by atoms with E-state index in [-0.39, 0.29) is 11.9 Å². The molecular formula is C27H44N6O4Si. The van der Waals surface area contributed by atoms with Crippen LogP contribution < -0.4 is 16.4 Å². The Kier molecular flexibility index (Phi) is 11.9. The summed E-state index contributed by atoms with van der Waals surface area (Å²) in [7, 11) is -2.67. The molecule has 0 bridgehead atoms. The number of hydrogen-bond donors (Lipinski definition) is 3. The third-order valence-electron chi connectivity index (χ3n) is 6.45. The highest BCUT2D eigenvalue weighted by Gasteiger charge is 2.39. The van der Waals surface area contributed by atoms with E-state index in [2.05, 4.69) is 28.2 Å². The van der Waals surface area contributed by atoms with E-state index >= 15 is 0 Å². The predicted molar refractivity (Wildman–Crippen MR) is 153 cm³/mol. The van der Waals surface area contributed by atoms with Crippen LogP contribution in [0.3, 0.4) is 0 Å². The zero-order chi connectivity index (χ0) is 27.4. The SMILES string of the molecule is CCO[Si](CCCNC(=O)NCCCCn1cnc2c(C(C)CN)nc3ccccc3c21)(OCC)OCC. The minimum absolute atomic E-state index is 0.129. The number of aromatic nitrogens is 3. The van der Waals surface area contributed by atoms with E-state index in [0.29, 0.717) is 45.5 Å². The van der Waals surface area contributed by atoms with Crippen molar-refractivity contribution in [3.8, 4) is 0 Å². The number of nitrogens with one attached hydrogen (secondary N) is 2. The first-order valence-electron chi connectivity index (χ1n) is 13.9. The number of para-hydroxylation sites is 1. The van der Waals surface area contributed by atoms with Crippen LogP contribution in [0, 0.1) is 0 Å². The second-order valence-corrected chi connectivity index (χ2v) is 12.0. The highest BCUT2D eigenvalue weighted by atomic mass is 28.4. The summed E-state index contributed by atoms with van der Waals surface area (Å²) in [6, 6.07) is 8.68. The Morgan fingerprint density at radius 2 is 1.68 bits per heavy atom. The molecule has 0 saturated heterocycles. The number of nitrogens with zero attached hydrogens (tertiary/aromatic N) is 3. The molecule has 3 rings (SSSR count). The van der Waals surface area contributed by atoms with E-state index < -0.39 is 8.80 Å². The number of carbonyl (C=O) groups is 1. The van der Waals surface area contributed by atoms with E-state index in [4.69, 9.17) is 29.0 Å². The van der Waals surface area contributed by atoms with Gasteiger partial charge >= 0.3 is 14.8 Å². The van der Waals surface area contributed by atoms with Gasteiger partial charge in [-0.1, -0.05) is 25.1 Å². The maximum atomic E-state index is 12.3. The summed E-state index contributed by atoms with van der Waals surface area (Å²) in [4.78, 5) is 21.8. The summed E-state index contributed by atoms with van der Waals surface area (Å²) < 4.78 is 19.8. The Morgan fingerprint density at radius 1 is 1.03 bits per heavy atom. The Morgan fingerprint density at radius 3 is 2.34 bits per heavy atom. The molecule has 0 aliphatic carbocycles. The number of imidazole rings is 1. The molecule has 1 aromatic carbocycles. The number of benzene rings is 1. The summed E-state index contributed by atoms with van der Waals surface area (Å²) in [6.45, 7) is 12.0. The number of unbranched alkanes of at least 4 members (excludes halogenated alkanes) is 1. The van der Waals surface area contributed by atoms with Crippen LogP contribution in [0.2, 0.25) is 6.04 Å². The lowest BCUT2D eigenvalue weighted by Gasteiger charge is -2.28. The monoisotopic (exact) mass is 544 g/mol. The van der Waals surface area contributed by atoms with Crippen LogP contribution in [0.25, 0.3) is 21.9 Å². The fourth-order valence-electron chi connectivity index (χ4n) is 4.61. The van der Waals surface area contributed by atoms with E-state index in [0.717, 1.165) is 53.4 Å². The van der Waals surface area contributed by atoms with Gasteiger partial charge in [-0.3, -0.25) is 4.98 Å². The van der Waals surface area contributed by atoms with Crippen molar-refractivity contribution in [1.29, 1.82) is 0 Å². The molecule has 210 valence electrons. The van der Waals surface area contributed by atoms with Gasteiger partial charge in [0.15, 0.2) is 0 Å². The Bertz CT molecular complexity index is 1140. The van der Waals surface area contributed by atoms with Gasteiger partial charge in [0.2, 0.25) is 0 Å². The quantitative estimate of drug-likeness (QED) is 0.172. The maximum absolute atomic E-state index is 12.3. The van der Waals surface area contributed by atoms with Gasteiger partial charge in [-0.15, -0.1) is 0 Å². The van der Waals surface area contributed by atoms with Gasteiger partial charge in [0.1, 0.15) is 5.52 Å². The fraction of sp³-hybridized carbons (Fsp3) is 0.593. The minimum atomic E-state index is -2.67. The van der Waals surface area contributed by atoms with Gasteiger partial charge in [0.05, 0.1) is 23.1 Å². The van der Waals surface area contributed by atoms with E-state index in [1.165, 1.54) is 0 Å². The van der Waals surface area contributed by atoms with Gasteiger partial charge in [0, 0.05) is 63.3 Å². The average molecular weight is 545 g/mol. The van der Waals surface area contributed by atoms with Gasteiger partial charge in [0.25, 0.3) is 0 Å². The standard InChI is InChI=1S/C27H44N6O4Si/c1-5-35-38(36-6-2,37-7-3)18-12-16-30-27(34)29-15-10-11-17-33-20-31-25-24(21(4)19-28)32-23-14-9-8-13-22(23)26(25)33/h8-9,13-14,20-21H,5-7,10-12,15-19,28H2,1-4H3,(H2,29,30,34). The average Bonchev–Trinajstić information content (AvgIpc) is 3.35. The van der Waals surface area contributed by atoms with Gasteiger partial charge in [-0.2, -0.15) is 0 Å². The van der Waals surface area contributed by atoms with Crippen molar-refractivity contribution in [2.24, 2.45) is 5.73 Å². The number of nitrogens with two attached hydrogens (primary N) is 1. The largest absolute Gasteiger partial charge is 0.500 e. The smallest absolute Gasteiger partial charge is 0.374 e. The lowest BCUT2D eigenvalue weighted by Crippen LogP contribution is -2.46. The van der Waals surface area contributed by atoms with E-state index in [1.807, 2.05) is 45.3 Å². The molecule has 0 fully saturated rings. The molecule has 4 N–H and O–H groups in total. The van der Waals surface area contributed by atoms with Crippen LogP contribution in [-0.4, -0.2) is 68.8 Å². The number of hydrogen-bond acceptors (Lipinski definition) is 7. The third kappa shape index (κ3) is 7.73. The second-order valence-electron chi connectivity index (χ2n) is 9.26. The number of amides is 2. The zero-order valence-corrected chi connectivity index (χ0v) is 24.3. The van der Waals surface area contributed by atoms with E-state index in [9.17, 15) is 4.79 Å². The molecule has 2 heterocycles. The highest BCUT2D eigenvalue weighted by Crippen LogP contribution is 2.29. The maximum Gasteiger partial charge on any atom is 0.500 e. The highest BCUT2D eigenvalue weighted by molar-refractivity contribution is 6.60. The summed E-state index contributed by atoms with van der Waals surface area (Å²) in [5.41, 5.74) is 9.87. The molecule has 2 amide bonds. The van der Waals surface area contributed by atoms with Gasteiger partial charge < -0.3 is 34.2 Å². The van der Waals surface area contributed by atoms with Crippen LogP contribution in [0.15, 0.2) is 30.6 Å². The summed E-state index contributed by atoms with van der Waals surface area (Å²) in [5.74, 6) is 0.129. The molecule has 1 atom stereocenters. The molecule has 0 saturated carbocycles. The summed E-state index contributed by atoms with van der Waals surface area (Å²) in [5, 5.41) is 6.97. The van der Waals surface area contributed by atoms with Gasteiger partial charge in [-0.25, -0.2) is 9.78 Å².